The summed E-state index contributed by atoms with van der Waals surface area (Å²) in [6.07, 6.45) is 2.66. The summed E-state index contributed by atoms with van der Waals surface area (Å²) in [7, 11) is 1.86. The van der Waals surface area contributed by atoms with E-state index in [0.717, 1.165) is 30.5 Å². The predicted molar refractivity (Wildman–Crippen MR) is 97.0 cm³/mol. The van der Waals surface area contributed by atoms with E-state index in [9.17, 15) is 9.59 Å². The Morgan fingerprint density at radius 1 is 1.42 bits per heavy atom. The molecule has 132 valence electrons. The Balaban J connectivity index is 1.97. The quantitative estimate of drug-likeness (QED) is 0.918. The molecule has 1 aromatic carbocycles. The summed E-state index contributed by atoms with van der Waals surface area (Å²) in [5, 5.41) is 2.94. The maximum atomic E-state index is 12.6. The number of carbonyl (C=O) groups is 2. The van der Waals surface area contributed by atoms with E-state index >= 15 is 0 Å². The third-order valence-corrected chi connectivity index (χ3v) is 4.93. The maximum Gasteiger partial charge on any atom is 0.321 e. The second-order valence-corrected chi connectivity index (χ2v) is 6.79. The number of amides is 3. The first-order valence-corrected chi connectivity index (χ1v) is 8.81. The van der Waals surface area contributed by atoms with Crippen LogP contribution in [0.2, 0.25) is 0 Å². The smallest absolute Gasteiger partial charge is 0.321 e. The number of urea groups is 1. The second kappa shape index (κ2) is 8.18. The fourth-order valence-corrected chi connectivity index (χ4v) is 3.07. The third-order valence-electron chi connectivity index (χ3n) is 4.93. The molecule has 5 heteroatoms. The average molecular weight is 331 g/mol. The third kappa shape index (κ3) is 4.49. The predicted octanol–water partition coefficient (Wildman–Crippen LogP) is 3.50. The highest BCUT2D eigenvalue weighted by Gasteiger charge is 2.31. The fourth-order valence-electron chi connectivity index (χ4n) is 3.07. The van der Waals surface area contributed by atoms with Gasteiger partial charge in [-0.15, -0.1) is 0 Å². The molecule has 3 amide bonds. The van der Waals surface area contributed by atoms with Gasteiger partial charge < -0.3 is 15.1 Å². The summed E-state index contributed by atoms with van der Waals surface area (Å²) in [4.78, 5) is 28.7. The van der Waals surface area contributed by atoms with Crippen LogP contribution in [-0.2, 0) is 4.79 Å². The van der Waals surface area contributed by atoms with Gasteiger partial charge in [-0.25, -0.2) is 4.79 Å². The van der Waals surface area contributed by atoms with Crippen LogP contribution in [0.1, 0.15) is 38.7 Å². The molecular formula is C19H29N3O2. The lowest BCUT2D eigenvalue weighted by Gasteiger charge is -2.35. The van der Waals surface area contributed by atoms with Crippen molar-refractivity contribution < 1.29 is 9.59 Å². The highest BCUT2D eigenvalue weighted by Crippen LogP contribution is 2.21. The van der Waals surface area contributed by atoms with Crippen LogP contribution in [-0.4, -0.2) is 47.9 Å². The van der Waals surface area contributed by atoms with Crippen molar-refractivity contribution in [2.75, 3.05) is 25.5 Å². The van der Waals surface area contributed by atoms with E-state index in [4.69, 9.17) is 0 Å². The van der Waals surface area contributed by atoms with Crippen molar-refractivity contribution >= 4 is 17.6 Å². The summed E-state index contributed by atoms with van der Waals surface area (Å²) < 4.78 is 0. The lowest BCUT2D eigenvalue weighted by Crippen LogP contribution is -2.48. The van der Waals surface area contributed by atoms with Gasteiger partial charge in [0.25, 0.3) is 0 Å². The lowest BCUT2D eigenvalue weighted by atomic mass is 9.96. The van der Waals surface area contributed by atoms with Crippen LogP contribution in [0.5, 0.6) is 0 Å². The molecule has 1 aliphatic heterocycles. The first-order chi connectivity index (χ1) is 11.4. The van der Waals surface area contributed by atoms with Crippen LogP contribution in [0.3, 0.4) is 0 Å². The van der Waals surface area contributed by atoms with Gasteiger partial charge in [-0.3, -0.25) is 4.79 Å². The van der Waals surface area contributed by atoms with Crippen molar-refractivity contribution in [3.8, 4) is 0 Å². The molecule has 1 N–H and O–H groups in total. The Morgan fingerprint density at radius 3 is 2.83 bits per heavy atom. The number of nitrogens with zero attached hydrogens (tertiary/aromatic N) is 2. The van der Waals surface area contributed by atoms with Crippen LogP contribution in [0.25, 0.3) is 0 Å². The van der Waals surface area contributed by atoms with Crippen molar-refractivity contribution in [3.05, 3.63) is 29.8 Å². The molecule has 0 aliphatic carbocycles. The molecule has 5 nitrogen and oxygen atoms in total. The number of rotatable bonds is 4. The van der Waals surface area contributed by atoms with Gasteiger partial charge in [0, 0.05) is 31.9 Å². The molecule has 1 aliphatic rings. The van der Waals surface area contributed by atoms with Crippen molar-refractivity contribution in [3.63, 3.8) is 0 Å². The van der Waals surface area contributed by atoms with Gasteiger partial charge in [0.15, 0.2) is 0 Å². The fraction of sp³-hybridized carbons (Fsp3) is 0.579. The largest absolute Gasteiger partial charge is 0.343 e. The Kier molecular flexibility index (Phi) is 6.23. The number of anilines is 1. The minimum Gasteiger partial charge on any atom is -0.343 e. The molecule has 0 bridgehead atoms. The van der Waals surface area contributed by atoms with Crippen molar-refractivity contribution in [1.82, 2.24) is 9.80 Å². The molecule has 24 heavy (non-hydrogen) atoms. The molecule has 0 radical (unpaired) electrons. The van der Waals surface area contributed by atoms with E-state index < -0.39 is 0 Å². The highest BCUT2D eigenvalue weighted by atomic mass is 16.2. The molecule has 2 atom stereocenters. The van der Waals surface area contributed by atoms with E-state index in [2.05, 4.69) is 19.2 Å². The summed E-state index contributed by atoms with van der Waals surface area (Å²) in [5.41, 5.74) is 1.90. The van der Waals surface area contributed by atoms with Crippen LogP contribution >= 0.6 is 0 Å². The van der Waals surface area contributed by atoms with Crippen LogP contribution in [0.15, 0.2) is 24.3 Å². The number of aryl methyl sites for hydroxylation is 1. The Hall–Kier alpha value is -2.04. The van der Waals surface area contributed by atoms with E-state index in [1.165, 1.54) is 0 Å². The van der Waals surface area contributed by atoms with Crippen LogP contribution < -0.4 is 5.32 Å². The summed E-state index contributed by atoms with van der Waals surface area (Å²) in [5.74, 6) is 0.0541. The molecular weight excluding hydrogens is 302 g/mol. The van der Waals surface area contributed by atoms with Crippen LogP contribution in [0, 0.1) is 12.8 Å². The van der Waals surface area contributed by atoms with E-state index in [1.807, 2.05) is 43.1 Å². The van der Waals surface area contributed by atoms with E-state index in [0.29, 0.717) is 13.1 Å². The van der Waals surface area contributed by atoms with E-state index in [1.54, 1.807) is 4.90 Å². The normalized spacial score (nSPS) is 18.8. The molecule has 2 unspecified atom stereocenters. The molecule has 1 heterocycles. The lowest BCUT2D eigenvalue weighted by molar-refractivity contribution is -0.137. The monoisotopic (exact) mass is 331 g/mol. The zero-order chi connectivity index (χ0) is 17.7. The zero-order valence-electron chi connectivity index (χ0n) is 15.2. The minimum atomic E-state index is -0.121. The van der Waals surface area contributed by atoms with Gasteiger partial charge in [-0.1, -0.05) is 19.1 Å². The Morgan fingerprint density at radius 2 is 2.17 bits per heavy atom. The number of piperidine rings is 1. The number of hydrogen-bond donors (Lipinski definition) is 1. The van der Waals surface area contributed by atoms with Crippen molar-refractivity contribution in [2.45, 2.75) is 46.1 Å². The standard InChI is InChI=1S/C19H29N3O2/c1-5-15(3)21(4)18(23)16-9-7-11-22(13-16)19(24)20-17-10-6-8-14(2)12-17/h6,8,10,12,15-16H,5,7,9,11,13H2,1-4H3,(H,20,24). The average Bonchev–Trinajstić information content (AvgIpc) is 2.59. The van der Waals surface area contributed by atoms with Gasteiger partial charge in [0.1, 0.15) is 0 Å². The maximum absolute atomic E-state index is 12.6. The van der Waals surface area contributed by atoms with Gasteiger partial charge in [-0.05, 0) is 50.8 Å². The van der Waals surface area contributed by atoms with Gasteiger partial charge >= 0.3 is 6.03 Å². The highest BCUT2D eigenvalue weighted by molar-refractivity contribution is 5.90. The number of carbonyl (C=O) groups excluding carboxylic acids is 2. The Labute approximate surface area is 145 Å². The summed E-state index contributed by atoms with van der Waals surface area (Å²) >= 11 is 0. The first-order valence-electron chi connectivity index (χ1n) is 8.81. The molecule has 1 saturated heterocycles. The van der Waals surface area contributed by atoms with Crippen molar-refractivity contribution in [1.29, 1.82) is 0 Å². The molecule has 1 fully saturated rings. The second-order valence-electron chi connectivity index (χ2n) is 6.79. The molecule has 0 saturated carbocycles. The number of hydrogen-bond acceptors (Lipinski definition) is 2. The number of nitrogens with one attached hydrogen (secondary N) is 1. The van der Waals surface area contributed by atoms with Gasteiger partial charge in [0.05, 0.1) is 5.92 Å². The molecule has 2 rings (SSSR count). The first kappa shape index (κ1) is 18.3. The molecule has 0 aromatic heterocycles. The number of benzene rings is 1. The van der Waals surface area contributed by atoms with Crippen molar-refractivity contribution in [2.24, 2.45) is 5.92 Å². The SMILES string of the molecule is CCC(C)N(C)C(=O)C1CCCN(C(=O)Nc2cccc(C)c2)C1. The minimum absolute atomic E-state index is 0.0963. The topological polar surface area (TPSA) is 52.7 Å². The van der Waals surface area contributed by atoms with Gasteiger partial charge in [0.2, 0.25) is 5.91 Å². The number of likely N-dealkylation sites (tertiary alicyclic amines) is 1. The summed E-state index contributed by atoms with van der Waals surface area (Å²) in [6.45, 7) is 7.33. The van der Waals surface area contributed by atoms with E-state index in [-0.39, 0.29) is 23.9 Å². The summed E-state index contributed by atoms with van der Waals surface area (Å²) in [6, 6.07) is 7.86. The molecule has 0 spiro atoms. The Bertz CT molecular complexity index is 588. The zero-order valence-corrected chi connectivity index (χ0v) is 15.2. The molecule has 1 aromatic rings. The van der Waals surface area contributed by atoms with Crippen LogP contribution in [0.4, 0.5) is 10.5 Å². The van der Waals surface area contributed by atoms with Gasteiger partial charge in [-0.2, -0.15) is 0 Å².